The standard InChI is InChI=1S/C29H27NO7/c1-35-22-4-2-3-19(13-22)15-30-25-12-11-23(37-17-26(31)32)14-24(25)27(28(30)29(33)34)20-7-9-21(10-8-20)36-16-18-5-6-18/h2-4,7-14,18H,5-6,15-17H2,1H3,(H,31,32)(H,33,34). The topological polar surface area (TPSA) is 107 Å². The number of carboxylic acids is 2. The smallest absolute Gasteiger partial charge is 0.353 e. The average Bonchev–Trinajstić information content (AvgIpc) is 3.68. The second-order valence-corrected chi connectivity index (χ2v) is 9.11. The Morgan fingerprint density at radius 1 is 0.919 bits per heavy atom. The van der Waals surface area contributed by atoms with Crippen LogP contribution >= 0.6 is 0 Å². The first-order valence-electron chi connectivity index (χ1n) is 12.0. The summed E-state index contributed by atoms with van der Waals surface area (Å²) in [5.74, 6) is 0.212. The SMILES string of the molecule is COc1cccc(Cn2c(C(=O)O)c(-c3ccc(OCC4CC4)cc3)c3cc(OCC(=O)O)ccc32)c1. The highest BCUT2D eigenvalue weighted by atomic mass is 16.5. The molecule has 5 rings (SSSR count). The molecular weight excluding hydrogens is 474 g/mol. The molecule has 1 fully saturated rings. The molecule has 0 bridgehead atoms. The second kappa shape index (κ2) is 10.3. The van der Waals surface area contributed by atoms with Crippen molar-refractivity contribution in [3.8, 4) is 28.4 Å². The first-order valence-corrected chi connectivity index (χ1v) is 12.0. The number of hydrogen-bond acceptors (Lipinski definition) is 5. The summed E-state index contributed by atoms with van der Waals surface area (Å²) in [5, 5.41) is 20.0. The molecule has 37 heavy (non-hydrogen) atoms. The van der Waals surface area contributed by atoms with Gasteiger partial charge in [-0.3, -0.25) is 0 Å². The minimum absolute atomic E-state index is 0.125. The number of aliphatic carboxylic acids is 1. The molecule has 2 N–H and O–H groups in total. The molecule has 1 aliphatic carbocycles. The van der Waals surface area contributed by atoms with E-state index in [2.05, 4.69) is 0 Å². The molecule has 4 aromatic rings. The molecule has 0 radical (unpaired) electrons. The van der Waals surface area contributed by atoms with Crippen molar-refractivity contribution in [1.82, 2.24) is 4.57 Å². The van der Waals surface area contributed by atoms with E-state index in [0.717, 1.165) is 11.3 Å². The molecule has 1 heterocycles. The normalized spacial score (nSPS) is 12.9. The number of ether oxygens (including phenoxy) is 3. The van der Waals surface area contributed by atoms with Gasteiger partial charge in [0.1, 0.15) is 22.9 Å². The van der Waals surface area contributed by atoms with Gasteiger partial charge in [-0.2, -0.15) is 0 Å². The molecule has 0 amide bonds. The van der Waals surface area contributed by atoms with Crippen LogP contribution in [0, 0.1) is 5.92 Å². The molecule has 0 saturated heterocycles. The van der Waals surface area contributed by atoms with Gasteiger partial charge in [0.2, 0.25) is 0 Å². The summed E-state index contributed by atoms with van der Waals surface area (Å²) in [4.78, 5) is 23.7. The van der Waals surface area contributed by atoms with E-state index in [1.807, 2.05) is 48.5 Å². The summed E-state index contributed by atoms with van der Waals surface area (Å²) < 4.78 is 18.4. The molecular formula is C29H27NO7. The van der Waals surface area contributed by atoms with E-state index >= 15 is 0 Å². The summed E-state index contributed by atoms with van der Waals surface area (Å²) in [6.07, 6.45) is 2.39. The van der Waals surface area contributed by atoms with Crippen LogP contribution in [0.15, 0.2) is 66.7 Å². The Hall–Kier alpha value is -4.46. The highest BCUT2D eigenvalue weighted by Crippen LogP contribution is 2.38. The van der Waals surface area contributed by atoms with Gasteiger partial charge in [-0.15, -0.1) is 0 Å². The summed E-state index contributed by atoms with van der Waals surface area (Å²) >= 11 is 0. The third-order valence-corrected chi connectivity index (χ3v) is 6.40. The van der Waals surface area contributed by atoms with Crippen molar-refractivity contribution >= 4 is 22.8 Å². The minimum atomic E-state index is -1.09. The molecule has 0 aliphatic heterocycles. The van der Waals surface area contributed by atoms with E-state index in [1.165, 1.54) is 12.8 Å². The number of benzene rings is 3. The lowest BCUT2D eigenvalue weighted by Crippen LogP contribution is -2.10. The van der Waals surface area contributed by atoms with Crippen molar-refractivity contribution in [3.63, 3.8) is 0 Å². The third kappa shape index (κ3) is 5.38. The number of carboxylic acid groups (broad SMARTS) is 2. The number of fused-ring (bicyclic) bond motifs is 1. The molecule has 0 spiro atoms. The minimum Gasteiger partial charge on any atom is -0.497 e. The second-order valence-electron chi connectivity index (χ2n) is 9.11. The van der Waals surface area contributed by atoms with Gasteiger partial charge in [0.25, 0.3) is 0 Å². The van der Waals surface area contributed by atoms with Crippen LogP contribution in [0.3, 0.4) is 0 Å². The van der Waals surface area contributed by atoms with Crippen molar-refractivity contribution in [1.29, 1.82) is 0 Å². The zero-order valence-corrected chi connectivity index (χ0v) is 20.3. The molecule has 3 aromatic carbocycles. The van der Waals surface area contributed by atoms with Gasteiger partial charge in [-0.1, -0.05) is 24.3 Å². The van der Waals surface area contributed by atoms with E-state index < -0.39 is 18.5 Å². The average molecular weight is 502 g/mol. The van der Waals surface area contributed by atoms with Gasteiger partial charge >= 0.3 is 11.9 Å². The quantitative estimate of drug-likeness (QED) is 0.287. The van der Waals surface area contributed by atoms with Crippen LogP contribution in [0.25, 0.3) is 22.0 Å². The van der Waals surface area contributed by atoms with Crippen LogP contribution in [-0.4, -0.2) is 47.0 Å². The van der Waals surface area contributed by atoms with Crippen LogP contribution in [0.1, 0.15) is 28.9 Å². The Morgan fingerprint density at radius 2 is 1.68 bits per heavy atom. The Bertz CT molecular complexity index is 1450. The number of nitrogens with zero attached hydrogens (tertiary/aromatic N) is 1. The highest BCUT2D eigenvalue weighted by molar-refractivity contribution is 6.08. The molecule has 8 heteroatoms. The van der Waals surface area contributed by atoms with Gasteiger partial charge in [0, 0.05) is 23.0 Å². The molecule has 8 nitrogen and oxygen atoms in total. The van der Waals surface area contributed by atoms with E-state index in [4.69, 9.17) is 19.3 Å². The van der Waals surface area contributed by atoms with Crippen molar-refractivity contribution in [2.24, 2.45) is 5.92 Å². The van der Waals surface area contributed by atoms with Gasteiger partial charge in [-0.25, -0.2) is 9.59 Å². The molecule has 0 unspecified atom stereocenters. The van der Waals surface area contributed by atoms with Crippen molar-refractivity contribution in [2.45, 2.75) is 19.4 Å². The zero-order valence-electron chi connectivity index (χ0n) is 20.3. The lowest BCUT2D eigenvalue weighted by atomic mass is 10.0. The van der Waals surface area contributed by atoms with Crippen LogP contribution < -0.4 is 14.2 Å². The number of carbonyl (C=O) groups is 2. The summed E-state index contributed by atoms with van der Waals surface area (Å²) in [6.45, 7) is 0.487. The Labute approximate surface area is 213 Å². The van der Waals surface area contributed by atoms with Crippen LogP contribution in [-0.2, 0) is 11.3 Å². The van der Waals surface area contributed by atoms with Crippen molar-refractivity contribution in [3.05, 3.63) is 78.0 Å². The first kappa shape index (κ1) is 24.2. The monoisotopic (exact) mass is 501 g/mol. The fraction of sp³-hybridized carbons (Fsp3) is 0.241. The maximum Gasteiger partial charge on any atom is 0.353 e. The Morgan fingerprint density at radius 3 is 2.35 bits per heavy atom. The Balaban J connectivity index is 1.62. The molecule has 1 aromatic heterocycles. The van der Waals surface area contributed by atoms with Gasteiger partial charge < -0.3 is 29.0 Å². The van der Waals surface area contributed by atoms with Crippen LogP contribution in [0.2, 0.25) is 0 Å². The van der Waals surface area contributed by atoms with E-state index in [9.17, 15) is 14.7 Å². The fourth-order valence-corrected chi connectivity index (χ4v) is 4.42. The first-order chi connectivity index (χ1) is 17.9. The molecule has 190 valence electrons. The summed E-state index contributed by atoms with van der Waals surface area (Å²) in [6, 6.07) is 20.0. The van der Waals surface area contributed by atoms with Crippen LogP contribution in [0.5, 0.6) is 17.2 Å². The zero-order chi connectivity index (χ0) is 25.9. The van der Waals surface area contributed by atoms with Crippen molar-refractivity contribution < 1.29 is 34.0 Å². The van der Waals surface area contributed by atoms with E-state index in [0.29, 0.717) is 52.6 Å². The van der Waals surface area contributed by atoms with E-state index in [-0.39, 0.29) is 5.69 Å². The predicted octanol–water partition coefficient (Wildman–Crippen LogP) is 5.32. The van der Waals surface area contributed by atoms with Crippen molar-refractivity contribution in [2.75, 3.05) is 20.3 Å². The number of hydrogen-bond donors (Lipinski definition) is 2. The fourth-order valence-electron chi connectivity index (χ4n) is 4.42. The van der Waals surface area contributed by atoms with Gasteiger partial charge in [0.15, 0.2) is 6.61 Å². The number of rotatable bonds is 11. The summed E-state index contributed by atoms with van der Waals surface area (Å²) in [7, 11) is 1.58. The van der Waals surface area contributed by atoms with Crippen LogP contribution in [0.4, 0.5) is 0 Å². The number of methoxy groups -OCH3 is 1. The summed E-state index contributed by atoms with van der Waals surface area (Å²) in [5.41, 5.74) is 2.92. The van der Waals surface area contributed by atoms with Gasteiger partial charge in [0.05, 0.1) is 13.7 Å². The lowest BCUT2D eigenvalue weighted by molar-refractivity contribution is -0.139. The number of aromatic carboxylic acids is 1. The lowest BCUT2D eigenvalue weighted by Gasteiger charge is -2.11. The van der Waals surface area contributed by atoms with E-state index in [1.54, 1.807) is 29.9 Å². The Kier molecular flexibility index (Phi) is 6.72. The molecule has 0 atom stereocenters. The highest BCUT2D eigenvalue weighted by Gasteiger charge is 2.25. The predicted molar refractivity (Wildman–Crippen MR) is 138 cm³/mol. The third-order valence-electron chi connectivity index (χ3n) is 6.40. The molecule has 1 saturated carbocycles. The largest absolute Gasteiger partial charge is 0.497 e. The maximum absolute atomic E-state index is 12.7. The molecule has 1 aliphatic rings. The maximum atomic E-state index is 12.7. The number of aromatic nitrogens is 1. The van der Waals surface area contributed by atoms with Gasteiger partial charge in [-0.05, 0) is 72.4 Å².